The van der Waals surface area contributed by atoms with Gasteiger partial charge in [-0.15, -0.1) is 5.06 Å². The lowest BCUT2D eigenvalue weighted by Gasteiger charge is -2.27. The molecule has 12 heteroatoms. The van der Waals surface area contributed by atoms with E-state index in [9.17, 15) is 22.8 Å². The van der Waals surface area contributed by atoms with Crippen molar-refractivity contribution in [3.05, 3.63) is 77.2 Å². The third kappa shape index (κ3) is 14.3. The molecule has 0 radical (unpaired) electrons. The Morgan fingerprint density at radius 2 is 1.53 bits per heavy atom. The number of ether oxygens (including phenoxy) is 3. The normalized spacial score (nSPS) is 12.4. The molecule has 51 heavy (non-hydrogen) atoms. The molecular weight excluding hydrogens is 665 g/mol. The highest BCUT2D eigenvalue weighted by Crippen LogP contribution is 2.32. The second kappa shape index (κ2) is 18.1. The first-order valence-corrected chi connectivity index (χ1v) is 17.3. The second-order valence-corrected chi connectivity index (χ2v) is 14.3. The zero-order valence-electron chi connectivity index (χ0n) is 30.9. The number of rotatable bonds is 14. The number of amides is 1. The molecule has 1 heterocycles. The fourth-order valence-electron chi connectivity index (χ4n) is 4.90. The Labute approximate surface area is 299 Å². The van der Waals surface area contributed by atoms with Crippen molar-refractivity contribution in [2.45, 2.75) is 124 Å². The lowest BCUT2D eigenvalue weighted by atomic mass is 9.98. The molecule has 3 rings (SSSR count). The Bertz CT molecular complexity index is 1600. The van der Waals surface area contributed by atoms with Gasteiger partial charge in [-0.1, -0.05) is 57.2 Å². The van der Waals surface area contributed by atoms with Gasteiger partial charge in [0.05, 0.1) is 12.1 Å². The standard InChI is InChI=1S/C39H51F3N2O7/c1-9-10-11-12-13-14-16-28(23-24-44(35(45)49-37(3,4)5)51-36(46)50-38(6,7)8)30-17-15-18-32(25-30)47-26-33-27(2)48-34(43-33)29-19-21-31(22-20-29)39(40,41)42/h15,17-23,25H,9-14,16,24,26H2,1-8H3/b28-23+. The Kier molecular flexibility index (Phi) is 14.6. The van der Waals surface area contributed by atoms with Crippen LogP contribution in [0.2, 0.25) is 0 Å². The fourth-order valence-corrected chi connectivity index (χ4v) is 4.90. The van der Waals surface area contributed by atoms with E-state index in [1.54, 1.807) is 54.5 Å². The highest BCUT2D eigenvalue weighted by atomic mass is 19.4. The van der Waals surface area contributed by atoms with Gasteiger partial charge in [0, 0.05) is 5.56 Å². The molecule has 0 saturated carbocycles. The van der Waals surface area contributed by atoms with Crippen LogP contribution < -0.4 is 4.74 Å². The van der Waals surface area contributed by atoms with Crippen molar-refractivity contribution >= 4 is 17.8 Å². The molecular formula is C39H51F3N2O7. The lowest BCUT2D eigenvalue weighted by Crippen LogP contribution is -2.40. The smallest absolute Gasteiger partial charge is 0.487 e. The van der Waals surface area contributed by atoms with Crippen LogP contribution in [0.15, 0.2) is 59.0 Å². The van der Waals surface area contributed by atoms with Gasteiger partial charge >= 0.3 is 18.4 Å². The van der Waals surface area contributed by atoms with Crippen LogP contribution in [0.4, 0.5) is 22.8 Å². The van der Waals surface area contributed by atoms with Gasteiger partial charge in [-0.3, -0.25) is 4.84 Å². The Morgan fingerprint density at radius 3 is 2.16 bits per heavy atom. The number of carbonyl (C=O) groups excluding carboxylic acids is 2. The molecule has 3 aromatic rings. The number of oxazole rings is 1. The van der Waals surface area contributed by atoms with E-state index in [4.69, 9.17) is 23.5 Å². The highest BCUT2D eigenvalue weighted by Gasteiger charge is 2.30. The van der Waals surface area contributed by atoms with Crippen molar-refractivity contribution < 1.29 is 46.2 Å². The molecule has 0 saturated heterocycles. The average molecular weight is 717 g/mol. The van der Waals surface area contributed by atoms with Gasteiger partial charge in [0.15, 0.2) is 0 Å². The molecule has 280 valence electrons. The minimum Gasteiger partial charge on any atom is -0.487 e. The van der Waals surface area contributed by atoms with Crippen molar-refractivity contribution in [3.63, 3.8) is 0 Å². The molecule has 1 aromatic heterocycles. The van der Waals surface area contributed by atoms with E-state index < -0.39 is 35.2 Å². The number of alkyl halides is 3. The van der Waals surface area contributed by atoms with Gasteiger partial charge in [0.2, 0.25) is 5.89 Å². The van der Waals surface area contributed by atoms with Crippen molar-refractivity contribution in [1.29, 1.82) is 0 Å². The van der Waals surface area contributed by atoms with Crippen LogP contribution in [-0.2, 0) is 27.1 Å². The number of hydroxylamine groups is 2. The van der Waals surface area contributed by atoms with Gasteiger partial charge in [-0.05, 0) is 109 Å². The predicted octanol–water partition coefficient (Wildman–Crippen LogP) is 11.5. The number of allylic oxidation sites excluding steroid dienone is 1. The molecule has 1 amide bonds. The summed E-state index contributed by atoms with van der Waals surface area (Å²) in [6, 6.07) is 12.1. The second-order valence-electron chi connectivity index (χ2n) is 14.3. The molecule has 0 spiro atoms. The first-order chi connectivity index (χ1) is 23.8. The first kappa shape index (κ1) is 40.9. The lowest BCUT2D eigenvalue weighted by molar-refractivity contribution is -0.137. The van der Waals surface area contributed by atoms with Crippen LogP contribution in [0.25, 0.3) is 17.0 Å². The van der Waals surface area contributed by atoms with E-state index >= 15 is 0 Å². The quantitative estimate of drug-likeness (QED) is 0.0923. The van der Waals surface area contributed by atoms with Gasteiger partial charge in [0.25, 0.3) is 0 Å². The number of benzene rings is 2. The molecule has 2 aromatic carbocycles. The SMILES string of the molecule is CCCCCCCC/C(=C\CN(OC(=O)OC(C)(C)C)C(=O)OC(C)(C)C)c1cccc(OCc2nc(-c3ccc(C(F)(F)F)cc3)oc2C)c1. The summed E-state index contributed by atoms with van der Waals surface area (Å²) in [7, 11) is 0. The average Bonchev–Trinajstić information content (AvgIpc) is 3.40. The van der Waals surface area contributed by atoms with E-state index in [-0.39, 0.29) is 19.0 Å². The zero-order chi connectivity index (χ0) is 37.8. The Morgan fingerprint density at radius 1 is 0.882 bits per heavy atom. The molecule has 0 N–H and O–H groups in total. The number of halogens is 3. The number of unbranched alkanes of at least 4 members (excludes halogenated alkanes) is 5. The zero-order valence-corrected chi connectivity index (χ0v) is 30.9. The van der Waals surface area contributed by atoms with E-state index in [0.717, 1.165) is 60.4 Å². The largest absolute Gasteiger partial charge is 0.534 e. The molecule has 0 bridgehead atoms. The number of hydrogen-bond donors (Lipinski definition) is 0. The summed E-state index contributed by atoms with van der Waals surface area (Å²) in [4.78, 5) is 35.4. The maximum Gasteiger partial charge on any atom is 0.534 e. The minimum atomic E-state index is -4.44. The number of carbonyl (C=O) groups is 2. The maximum absolute atomic E-state index is 13.1. The molecule has 0 atom stereocenters. The number of hydrogen-bond acceptors (Lipinski definition) is 8. The summed E-state index contributed by atoms with van der Waals surface area (Å²) < 4.78 is 61.6. The van der Waals surface area contributed by atoms with Crippen LogP contribution >= 0.6 is 0 Å². The van der Waals surface area contributed by atoms with E-state index in [1.165, 1.54) is 18.6 Å². The van der Waals surface area contributed by atoms with Crippen molar-refractivity contribution in [3.8, 4) is 17.2 Å². The van der Waals surface area contributed by atoms with E-state index in [0.29, 0.717) is 29.2 Å². The summed E-state index contributed by atoms with van der Waals surface area (Å²) in [5.41, 5.74) is 0.277. The molecule has 0 unspecified atom stereocenters. The van der Waals surface area contributed by atoms with Crippen LogP contribution in [0.3, 0.4) is 0 Å². The number of nitrogens with zero attached hydrogens (tertiary/aromatic N) is 2. The highest BCUT2D eigenvalue weighted by molar-refractivity contribution is 5.72. The number of aryl methyl sites for hydroxylation is 1. The van der Waals surface area contributed by atoms with Gasteiger partial charge in [0.1, 0.15) is 35.0 Å². The van der Waals surface area contributed by atoms with Gasteiger partial charge < -0.3 is 18.6 Å². The minimum absolute atomic E-state index is 0.0616. The third-order valence-corrected chi connectivity index (χ3v) is 7.41. The van der Waals surface area contributed by atoms with Crippen LogP contribution in [0.1, 0.15) is 116 Å². The van der Waals surface area contributed by atoms with Crippen LogP contribution in [0, 0.1) is 6.92 Å². The van der Waals surface area contributed by atoms with Gasteiger partial charge in [-0.2, -0.15) is 13.2 Å². The topological polar surface area (TPSA) is 100 Å². The molecule has 0 aliphatic heterocycles. The molecule has 0 aliphatic carbocycles. The molecule has 0 fully saturated rings. The molecule has 9 nitrogen and oxygen atoms in total. The van der Waals surface area contributed by atoms with Crippen molar-refractivity contribution in [1.82, 2.24) is 10.0 Å². The fraction of sp³-hybridized carbons (Fsp3) is 0.513. The van der Waals surface area contributed by atoms with Crippen LogP contribution in [-0.4, -0.2) is 40.0 Å². The maximum atomic E-state index is 13.1. The summed E-state index contributed by atoms with van der Waals surface area (Å²) in [6.45, 7) is 14.1. The van der Waals surface area contributed by atoms with Crippen molar-refractivity contribution in [2.24, 2.45) is 0 Å². The summed E-state index contributed by atoms with van der Waals surface area (Å²) in [6.07, 6.45) is 2.78. The van der Waals surface area contributed by atoms with E-state index in [2.05, 4.69) is 11.9 Å². The predicted molar refractivity (Wildman–Crippen MR) is 189 cm³/mol. The molecule has 0 aliphatic rings. The van der Waals surface area contributed by atoms with Crippen molar-refractivity contribution in [2.75, 3.05) is 6.54 Å². The summed E-state index contributed by atoms with van der Waals surface area (Å²) in [5, 5.41) is 0.850. The summed E-state index contributed by atoms with van der Waals surface area (Å²) >= 11 is 0. The third-order valence-electron chi connectivity index (χ3n) is 7.41. The van der Waals surface area contributed by atoms with E-state index in [1.807, 2.05) is 24.3 Å². The Hall–Kier alpha value is -4.48. The first-order valence-electron chi connectivity index (χ1n) is 17.3. The van der Waals surface area contributed by atoms with Crippen LogP contribution in [0.5, 0.6) is 5.75 Å². The van der Waals surface area contributed by atoms with Gasteiger partial charge in [-0.25, -0.2) is 14.6 Å². The monoisotopic (exact) mass is 716 g/mol. The number of aromatic nitrogens is 1. The Balaban J connectivity index is 1.82. The summed E-state index contributed by atoms with van der Waals surface area (Å²) in [5.74, 6) is 1.23.